The van der Waals surface area contributed by atoms with Gasteiger partial charge in [-0.25, -0.2) is 0 Å². The van der Waals surface area contributed by atoms with E-state index in [4.69, 9.17) is 0 Å². The molecule has 17 heavy (non-hydrogen) atoms. The van der Waals surface area contributed by atoms with Crippen molar-refractivity contribution in [2.24, 2.45) is 5.41 Å². The number of hydrogen-bond acceptors (Lipinski definition) is 3. The third-order valence-corrected chi connectivity index (χ3v) is 5.51. The van der Waals surface area contributed by atoms with Gasteiger partial charge in [0.25, 0.3) is 0 Å². The lowest BCUT2D eigenvalue weighted by Gasteiger charge is -2.44. The molecular formula is C13H26N2OS. The fraction of sp³-hybridized carbons (Fsp3) is 1.00. The summed E-state index contributed by atoms with van der Waals surface area (Å²) in [6.07, 6.45) is 2.26. The van der Waals surface area contributed by atoms with Crippen molar-refractivity contribution in [2.45, 2.75) is 45.7 Å². The van der Waals surface area contributed by atoms with Gasteiger partial charge in [-0.2, -0.15) is 0 Å². The van der Waals surface area contributed by atoms with Gasteiger partial charge in [0.05, 0.1) is 0 Å². The van der Waals surface area contributed by atoms with Crippen molar-refractivity contribution in [3.8, 4) is 0 Å². The van der Waals surface area contributed by atoms with Crippen LogP contribution in [0.4, 0.5) is 0 Å². The van der Waals surface area contributed by atoms with E-state index in [1.54, 1.807) is 0 Å². The molecule has 0 aromatic rings. The Balaban J connectivity index is 1.91. The van der Waals surface area contributed by atoms with Gasteiger partial charge < -0.3 is 5.32 Å². The topological polar surface area (TPSA) is 32.3 Å². The summed E-state index contributed by atoms with van der Waals surface area (Å²) in [7, 11) is -0.533. The Hall–Kier alpha value is 0.0700. The molecule has 0 saturated carbocycles. The highest BCUT2D eigenvalue weighted by Crippen LogP contribution is 2.25. The van der Waals surface area contributed by atoms with Gasteiger partial charge in [-0.15, -0.1) is 0 Å². The van der Waals surface area contributed by atoms with Crippen LogP contribution in [-0.4, -0.2) is 52.3 Å². The summed E-state index contributed by atoms with van der Waals surface area (Å²) in [6.45, 7) is 10.3. The molecule has 0 amide bonds. The number of hydrogen-bond donors (Lipinski definition) is 1. The SMILES string of the molecule is CC(C)(C)C1CN(C2CCS(=O)CC2)CCN1. The first-order valence-electron chi connectivity index (χ1n) is 6.79. The largest absolute Gasteiger partial charge is 0.311 e. The summed E-state index contributed by atoms with van der Waals surface area (Å²) < 4.78 is 11.4. The summed E-state index contributed by atoms with van der Waals surface area (Å²) in [5, 5.41) is 3.64. The summed E-state index contributed by atoms with van der Waals surface area (Å²) >= 11 is 0. The van der Waals surface area contributed by atoms with Crippen molar-refractivity contribution in [3.05, 3.63) is 0 Å². The van der Waals surface area contributed by atoms with E-state index >= 15 is 0 Å². The van der Waals surface area contributed by atoms with Gasteiger partial charge in [0.1, 0.15) is 0 Å². The van der Waals surface area contributed by atoms with Crippen LogP contribution in [0, 0.1) is 5.41 Å². The van der Waals surface area contributed by atoms with E-state index in [-0.39, 0.29) is 0 Å². The molecule has 2 heterocycles. The molecule has 2 aliphatic rings. The van der Waals surface area contributed by atoms with Crippen molar-refractivity contribution in [1.29, 1.82) is 0 Å². The zero-order valence-electron chi connectivity index (χ0n) is 11.4. The van der Waals surface area contributed by atoms with Crippen LogP contribution in [0.15, 0.2) is 0 Å². The van der Waals surface area contributed by atoms with Gasteiger partial charge in [0, 0.05) is 54.0 Å². The van der Waals surface area contributed by atoms with Crippen molar-refractivity contribution in [3.63, 3.8) is 0 Å². The van der Waals surface area contributed by atoms with Crippen LogP contribution in [0.5, 0.6) is 0 Å². The maximum absolute atomic E-state index is 11.4. The highest BCUT2D eigenvalue weighted by atomic mass is 32.2. The van der Waals surface area contributed by atoms with E-state index in [1.165, 1.54) is 0 Å². The van der Waals surface area contributed by atoms with Crippen LogP contribution in [0.1, 0.15) is 33.6 Å². The van der Waals surface area contributed by atoms with Crippen LogP contribution in [0.2, 0.25) is 0 Å². The van der Waals surface area contributed by atoms with Crippen LogP contribution in [0.25, 0.3) is 0 Å². The quantitative estimate of drug-likeness (QED) is 0.767. The van der Waals surface area contributed by atoms with E-state index in [1.807, 2.05) is 0 Å². The van der Waals surface area contributed by atoms with Gasteiger partial charge in [-0.05, 0) is 18.3 Å². The fourth-order valence-corrected chi connectivity index (χ4v) is 4.11. The molecule has 0 radical (unpaired) electrons. The Kier molecular flexibility index (Phi) is 4.26. The van der Waals surface area contributed by atoms with E-state index in [0.717, 1.165) is 44.0 Å². The van der Waals surface area contributed by atoms with Crippen LogP contribution in [-0.2, 0) is 10.8 Å². The molecule has 4 heteroatoms. The molecule has 0 aliphatic carbocycles. The minimum absolute atomic E-state index is 0.330. The smallest absolute Gasteiger partial charge is 0.0249 e. The average Bonchev–Trinajstić information content (AvgIpc) is 2.29. The second kappa shape index (κ2) is 5.37. The first-order chi connectivity index (χ1) is 7.97. The summed E-state index contributed by atoms with van der Waals surface area (Å²) in [6, 6.07) is 1.27. The Labute approximate surface area is 108 Å². The molecular weight excluding hydrogens is 232 g/mol. The second-order valence-electron chi connectivity index (χ2n) is 6.45. The maximum atomic E-state index is 11.4. The molecule has 1 atom stereocenters. The third kappa shape index (κ3) is 3.52. The van der Waals surface area contributed by atoms with Gasteiger partial charge >= 0.3 is 0 Å². The molecule has 2 aliphatic heterocycles. The normalized spacial score (nSPS) is 37.0. The van der Waals surface area contributed by atoms with E-state index in [9.17, 15) is 4.21 Å². The Morgan fingerprint density at radius 1 is 1.24 bits per heavy atom. The number of nitrogens with zero attached hydrogens (tertiary/aromatic N) is 1. The Morgan fingerprint density at radius 2 is 1.88 bits per heavy atom. The fourth-order valence-electron chi connectivity index (χ4n) is 2.83. The van der Waals surface area contributed by atoms with E-state index < -0.39 is 10.8 Å². The average molecular weight is 258 g/mol. The van der Waals surface area contributed by atoms with Gasteiger partial charge in [-0.1, -0.05) is 20.8 Å². The number of rotatable bonds is 1. The van der Waals surface area contributed by atoms with Gasteiger partial charge in [0.2, 0.25) is 0 Å². The minimum Gasteiger partial charge on any atom is -0.311 e. The zero-order chi connectivity index (χ0) is 12.5. The molecule has 2 fully saturated rings. The maximum Gasteiger partial charge on any atom is 0.0249 e. The molecule has 1 N–H and O–H groups in total. The summed E-state index contributed by atoms with van der Waals surface area (Å²) in [4.78, 5) is 2.63. The number of piperazine rings is 1. The van der Waals surface area contributed by atoms with Crippen molar-refractivity contribution in [2.75, 3.05) is 31.1 Å². The molecule has 2 saturated heterocycles. The number of nitrogens with one attached hydrogen (secondary N) is 1. The van der Waals surface area contributed by atoms with Crippen molar-refractivity contribution in [1.82, 2.24) is 10.2 Å². The Bertz CT molecular complexity index is 278. The molecule has 1 unspecified atom stereocenters. The summed E-state index contributed by atoms with van der Waals surface area (Å²) in [5.41, 5.74) is 0.330. The van der Waals surface area contributed by atoms with Crippen molar-refractivity contribution >= 4 is 10.8 Å². The van der Waals surface area contributed by atoms with Crippen molar-refractivity contribution < 1.29 is 4.21 Å². The first kappa shape index (κ1) is 13.5. The highest BCUT2D eigenvalue weighted by molar-refractivity contribution is 7.85. The predicted octanol–water partition coefficient (Wildman–Crippen LogP) is 1.22. The third-order valence-electron chi connectivity index (χ3n) is 4.13. The standard InChI is InChI=1S/C13H26N2OS/c1-13(2,3)12-10-15(7-6-14-12)11-4-8-17(16)9-5-11/h11-12,14H,4-10H2,1-3H3. The van der Waals surface area contributed by atoms with E-state index in [0.29, 0.717) is 17.5 Å². The molecule has 0 aromatic heterocycles. The zero-order valence-corrected chi connectivity index (χ0v) is 12.2. The molecule has 100 valence electrons. The van der Waals surface area contributed by atoms with Gasteiger partial charge in [0.15, 0.2) is 0 Å². The second-order valence-corrected chi connectivity index (χ2v) is 8.14. The monoisotopic (exact) mass is 258 g/mol. The minimum atomic E-state index is -0.533. The molecule has 0 bridgehead atoms. The van der Waals surface area contributed by atoms with Crippen LogP contribution in [0.3, 0.4) is 0 Å². The lowest BCUT2D eigenvalue weighted by molar-refractivity contribution is 0.0932. The molecule has 2 rings (SSSR count). The predicted molar refractivity (Wildman–Crippen MR) is 73.7 cm³/mol. The molecule has 3 nitrogen and oxygen atoms in total. The first-order valence-corrected chi connectivity index (χ1v) is 8.28. The highest BCUT2D eigenvalue weighted by Gasteiger charge is 2.33. The lowest BCUT2D eigenvalue weighted by Crippen LogP contribution is -2.58. The molecule has 0 aromatic carbocycles. The molecule has 0 spiro atoms. The van der Waals surface area contributed by atoms with E-state index in [2.05, 4.69) is 31.0 Å². The summed E-state index contributed by atoms with van der Waals surface area (Å²) in [5.74, 6) is 1.82. The van der Waals surface area contributed by atoms with Gasteiger partial charge in [-0.3, -0.25) is 9.11 Å². The van der Waals surface area contributed by atoms with Crippen LogP contribution >= 0.6 is 0 Å². The van der Waals surface area contributed by atoms with Crippen LogP contribution < -0.4 is 5.32 Å². The Morgan fingerprint density at radius 3 is 2.47 bits per heavy atom. The lowest BCUT2D eigenvalue weighted by atomic mass is 9.85.